The largest absolute Gasteiger partial charge is 0.352 e. The van der Waals surface area contributed by atoms with E-state index in [1.165, 1.54) is 4.88 Å². The summed E-state index contributed by atoms with van der Waals surface area (Å²) in [5.41, 5.74) is 0.789. The summed E-state index contributed by atoms with van der Waals surface area (Å²) >= 11 is 1.60. The molecule has 0 fully saturated rings. The van der Waals surface area contributed by atoms with Gasteiger partial charge in [-0.15, -0.1) is 11.3 Å². The number of carbonyl (C=O) groups excluding carboxylic acids is 1. The van der Waals surface area contributed by atoms with Gasteiger partial charge in [0.05, 0.1) is 16.3 Å². The fourth-order valence-corrected chi connectivity index (χ4v) is 2.99. The van der Waals surface area contributed by atoms with Gasteiger partial charge >= 0.3 is 0 Å². The van der Waals surface area contributed by atoms with E-state index in [1.807, 2.05) is 13.8 Å². The quantitative estimate of drug-likeness (QED) is 0.921. The first kappa shape index (κ1) is 15.6. The van der Waals surface area contributed by atoms with Crippen molar-refractivity contribution in [3.05, 3.63) is 51.0 Å². The van der Waals surface area contributed by atoms with Gasteiger partial charge in [0.2, 0.25) is 0 Å². The van der Waals surface area contributed by atoms with E-state index in [0.29, 0.717) is 13.0 Å². The van der Waals surface area contributed by atoms with Gasteiger partial charge in [0.1, 0.15) is 11.6 Å². The van der Waals surface area contributed by atoms with Crippen molar-refractivity contribution in [3.8, 4) is 0 Å². The average Bonchev–Trinajstić information content (AvgIpc) is 2.81. The number of hydrogen-bond acceptors (Lipinski definition) is 3. The third-order valence-corrected chi connectivity index (χ3v) is 4.14. The Balaban J connectivity index is 1.93. The van der Waals surface area contributed by atoms with Crippen LogP contribution in [0.4, 0.5) is 8.78 Å². The van der Waals surface area contributed by atoms with Gasteiger partial charge in [-0.05, 0) is 31.5 Å². The lowest BCUT2D eigenvalue weighted by Crippen LogP contribution is -2.26. The van der Waals surface area contributed by atoms with Crippen LogP contribution in [0.3, 0.4) is 0 Å². The van der Waals surface area contributed by atoms with E-state index in [4.69, 9.17) is 0 Å². The number of hydrogen-bond donors (Lipinski definition) is 1. The number of thiazole rings is 1. The lowest BCUT2D eigenvalue weighted by molar-refractivity contribution is 0.0949. The summed E-state index contributed by atoms with van der Waals surface area (Å²) in [5.74, 6) is -1.98. The van der Waals surface area contributed by atoms with Crippen molar-refractivity contribution in [3.63, 3.8) is 0 Å². The van der Waals surface area contributed by atoms with Crippen molar-refractivity contribution in [2.45, 2.75) is 26.7 Å². The molecular formula is C15H16F2N2OS. The second-order valence-electron chi connectivity index (χ2n) is 4.59. The molecule has 1 N–H and O–H groups in total. The van der Waals surface area contributed by atoms with Crippen LogP contribution in [0, 0.1) is 18.6 Å². The highest BCUT2D eigenvalue weighted by molar-refractivity contribution is 7.11. The van der Waals surface area contributed by atoms with E-state index in [-0.39, 0.29) is 5.56 Å². The minimum atomic E-state index is -0.729. The van der Waals surface area contributed by atoms with Crippen molar-refractivity contribution in [2.24, 2.45) is 0 Å². The predicted molar refractivity (Wildman–Crippen MR) is 78.6 cm³/mol. The molecule has 0 atom stereocenters. The molecule has 0 bridgehead atoms. The van der Waals surface area contributed by atoms with Gasteiger partial charge in [0.25, 0.3) is 5.91 Å². The normalized spacial score (nSPS) is 10.7. The van der Waals surface area contributed by atoms with Gasteiger partial charge in [-0.1, -0.05) is 6.92 Å². The molecule has 1 aromatic heterocycles. The molecule has 0 aliphatic carbocycles. The van der Waals surface area contributed by atoms with Gasteiger partial charge < -0.3 is 5.32 Å². The number of rotatable bonds is 5. The van der Waals surface area contributed by atoms with Crippen LogP contribution in [0.2, 0.25) is 0 Å². The molecule has 0 aliphatic heterocycles. The Labute approximate surface area is 126 Å². The highest BCUT2D eigenvalue weighted by atomic mass is 32.1. The van der Waals surface area contributed by atoms with Crippen LogP contribution >= 0.6 is 11.3 Å². The number of benzene rings is 1. The van der Waals surface area contributed by atoms with Crippen LogP contribution in [0.15, 0.2) is 18.2 Å². The fraction of sp³-hybridized carbons (Fsp3) is 0.333. The Morgan fingerprint density at radius 1 is 1.38 bits per heavy atom. The van der Waals surface area contributed by atoms with Crippen LogP contribution < -0.4 is 5.32 Å². The fourth-order valence-electron chi connectivity index (χ4n) is 1.97. The molecule has 3 nitrogen and oxygen atoms in total. The van der Waals surface area contributed by atoms with E-state index in [1.54, 1.807) is 11.3 Å². The van der Waals surface area contributed by atoms with Crippen molar-refractivity contribution in [1.29, 1.82) is 0 Å². The molecule has 0 unspecified atom stereocenters. The van der Waals surface area contributed by atoms with Gasteiger partial charge in [-0.3, -0.25) is 4.79 Å². The molecule has 0 aliphatic rings. The molecule has 0 radical (unpaired) electrons. The minimum Gasteiger partial charge on any atom is -0.352 e. The topological polar surface area (TPSA) is 42.0 Å². The number of nitrogens with one attached hydrogen (secondary N) is 1. The van der Waals surface area contributed by atoms with Gasteiger partial charge in [-0.2, -0.15) is 0 Å². The Kier molecular flexibility index (Phi) is 5.01. The monoisotopic (exact) mass is 310 g/mol. The van der Waals surface area contributed by atoms with Crippen LogP contribution in [-0.2, 0) is 12.8 Å². The molecule has 1 aromatic carbocycles. The molecule has 2 aromatic rings. The number of aromatic nitrogens is 1. The summed E-state index contributed by atoms with van der Waals surface area (Å²) < 4.78 is 26.5. The number of aryl methyl sites for hydroxylation is 2. The molecule has 112 valence electrons. The molecular weight excluding hydrogens is 294 g/mol. The molecule has 0 saturated heterocycles. The van der Waals surface area contributed by atoms with Crippen LogP contribution in [0.25, 0.3) is 0 Å². The third kappa shape index (κ3) is 3.85. The van der Waals surface area contributed by atoms with E-state index >= 15 is 0 Å². The maximum atomic E-state index is 13.4. The Bertz CT molecular complexity index is 655. The minimum absolute atomic E-state index is 0.278. The second kappa shape index (κ2) is 6.76. The zero-order chi connectivity index (χ0) is 15.4. The first-order chi connectivity index (χ1) is 10.0. The van der Waals surface area contributed by atoms with E-state index < -0.39 is 17.5 Å². The van der Waals surface area contributed by atoms with Crippen molar-refractivity contribution in [1.82, 2.24) is 10.3 Å². The van der Waals surface area contributed by atoms with Crippen molar-refractivity contribution < 1.29 is 13.6 Å². The Hall–Kier alpha value is -1.82. The summed E-state index contributed by atoms with van der Waals surface area (Å²) in [6.07, 6.45) is 1.46. The SMILES string of the molecule is CCc1nc(CCNC(=O)c2cc(F)ccc2F)sc1C. The maximum Gasteiger partial charge on any atom is 0.254 e. The van der Waals surface area contributed by atoms with Crippen molar-refractivity contribution in [2.75, 3.05) is 6.54 Å². The molecule has 2 rings (SSSR count). The molecule has 21 heavy (non-hydrogen) atoms. The maximum absolute atomic E-state index is 13.4. The summed E-state index contributed by atoms with van der Waals surface area (Å²) in [7, 11) is 0. The van der Waals surface area contributed by atoms with E-state index in [2.05, 4.69) is 10.3 Å². The van der Waals surface area contributed by atoms with Crippen LogP contribution in [0.5, 0.6) is 0 Å². The molecule has 1 heterocycles. The third-order valence-electron chi connectivity index (χ3n) is 3.07. The molecule has 1 amide bonds. The van der Waals surface area contributed by atoms with E-state index in [0.717, 1.165) is 35.3 Å². The van der Waals surface area contributed by atoms with Gasteiger partial charge in [0, 0.05) is 17.8 Å². The van der Waals surface area contributed by atoms with Gasteiger partial charge in [0.15, 0.2) is 0 Å². The summed E-state index contributed by atoms with van der Waals surface area (Å²) in [4.78, 5) is 17.4. The zero-order valence-corrected chi connectivity index (χ0v) is 12.7. The first-order valence-corrected chi connectivity index (χ1v) is 7.51. The summed E-state index contributed by atoms with van der Waals surface area (Å²) in [5, 5.41) is 3.52. The van der Waals surface area contributed by atoms with Crippen molar-refractivity contribution >= 4 is 17.2 Å². The van der Waals surface area contributed by atoms with Crippen LogP contribution in [-0.4, -0.2) is 17.4 Å². The van der Waals surface area contributed by atoms with E-state index in [9.17, 15) is 13.6 Å². The summed E-state index contributed by atoms with van der Waals surface area (Å²) in [6.45, 7) is 4.39. The lowest BCUT2D eigenvalue weighted by atomic mass is 10.2. The predicted octanol–water partition coefficient (Wildman–Crippen LogP) is 3.26. The number of nitrogens with zero attached hydrogens (tertiary/aromatic N) is 1. The number of amides is 1. The van der Waals surface area contributed by atoms with Crippen LogP contribution in [0.1, 0.15) is 32.9 Å². The highest BCUT2D eigenvalue weighted by Gasteiger charge is 2.13. The highest BCUT2D eigenvalue weighted by Crippen LogP contribution is 2.18. The lowest BCUT2D eigenvalue weighted by Gasteiger charge is -2.05. The zero-order valence-electron chi connectivity index (χ0n) is 11.9. The Morgan fingerprint density at radius 2 is 2.14 bits per heavy atom. The smallest absolute Gasteiger partial charge is 0.254 e. The number of carbonyl (C=O) groups is 1. The Morgan fingerprint density at radius 3 is 2.81 bits per heavy atom. The summed E-state index contributed by atoms with van der Waals surface area (Å²) in [6, 6.07) is 2.83. The second-order valence-corrected chi connectivity index (χ2v) is 5.88. The first-order valence-electron chi connectivity index (χ1n) is 6.69. The molecule has 0 saturated carbocycles. The number of halogens is 2. The molecule has 6 heteroatoms. The molecule has 0 spiro atoms. The average molecular weight is 310 g/mol. The van der Waals surface area contributed by atoms with Gasteiger partial charge in [-0.25, -0.2) is 13.8 Å². The standard InChI is InChI=1S/C15H16F2N2OS/c1-3-13-9(2)21-14(19-13)6-7-18-15(20)11-8-10(16)4-5-12(11)17/h4-5,8H,3,6-7H2,1-2H3,(H,18,20).